The van der Waals surface area contributed by atoms with Crippen molar-refractivity contribution in [1.82, 2.24) is 0 Å². The predicted octanol–water partition coefficient (Wildman–Crippen LogP) is 5.05. The molecule has 110 valence electrons. The Morgan fingerprint density at radius 2 is 1.95 bits per heavy atom. The van der Waals surface area contributed by atoms with Gasteiger partial charge in [0.1, 0.15) is 0 Å². The summed E-state index contributed by atoms with van der Waals surface area (Å²) in [5, 5.41) is 14.4. The van der Waals surface area contributed by atoms with Crippen molar-refractivity contribution in [3.8, 4) is 0 Å². The van der Waals surface area contributed by atoms with Gasteiger partial charge in [0.25, 0.3) is 5.69 Å². The Balaban J connectivity index is 2.04. The molecule has 4 nitrogen and oxygen atoms in total. The van der Waals surface area contributed by atoms with E-state index in [1.165, 1.54) is 38.5 Å². The zero-order chi connectivity index (χ0) is 14.5. The molecule has 2 rings (SSSR count). The van der Waals surface area contributed by atoms with Crippen LogP contribution in [0.4, 0.5) is 11.4 Å². The third-order valence-electron chi connectivity index (χ3n) is 4.04. The number of anilines is 1. The van der Waals surface area contributed by atoms with Crippen LogP contribution < -0.4 is 5.32 Å². The van der Waals surface area contributed by atoms with E-state index in [2.05, 4.69) is 21.2 Å². The molecule has 0 aromatic heterocycles. The van der Waals surface area contributed by atoms with Gasteiger partial charge >= 0.3 is 0 Å². The quantitative estimate of drug-likeness (QED) is 0.474. The molecule has 0 atom stereocenters. The second kappa shape index (κ2) is 7.07. The number of aryl methyl sites for hydroxylation is 1. The van der Waals surface area contributed by atoms with Gasteiger partial charge < -0.3 is 5.32 Å². The maximum absolute atomic E-state index is 11.0. The van der Waals surface area contributed by atoms with Gasteiger partial charge in [0, 0.05) is 22.6 Å². The summed E-state index contributed by atoms with van der Waals surface area (Å²) in [4.78, 5) is 10.7. The highest BCUT2D eigenvalue weighted by atomic mass is 79.9. The van der Waals surface area contributed by atoms with Gasteiger partial charge in [-0.2, -0.15) is 0 Å². The summed E-state index contributed by atoms with van der Waals surface area (Å²) in [5.41, 5.74) is 1.69. The molecule has 0 spiro atoms. The molecule has 0 radical (unpaired) electrons. The molecule has 0 unspecified atom stereocenters. The van der Waals surface area contributed by atoms with Crippen LogP contribution in [0, 0.1) is 23.0 Å². The van der Waals surface area contributed by atoms with Gasteiger partial charge in [-0.25, -0.2) is 0 Å². The molecule has 0 amide bonds. The maximum Gasteiger partial charge on any atom is 0.274 e. The molecule has 1 aromatic carbocycles. The first kappa shape index (κ1) is 15.3. The summed E-state index contributed by atoms with van der Waals surface area (Å²) < 4.78 is 0.897. The van der Waals surface area contributed by atoms with Crippen molar-refractivity contribution in [3.05, 3.63) is 32.3 Å². The lowest BCUT2D eigenvalue weighted by molar-refractivity contribution is -0.385. The number of nitrogens with zero attached hydrogens (tertiary/aromatic N) is 1. The van der Waals surface area contributed by atoms with E-state index >= 15 is 0 Å². The number of benzene rings is 1. The van der Waals surface area contributed by atoms with Crippen molar-refractivity contribution in [2.24, 2.45) is 5.92 Å². The zero-order valence-corrected chi connectivity index (χ0v) is 13.4. The highest BCUT2D eigenvalue weighted by Crippen LogP contribution is 2.31. The van der Waals surface area contributed by atoms with Crippen molar-refractivity contribution in [1.29, 1.82) is 0 Å². The lowest BCUT2D eigenvalue weighted by Gasteiger charge is -2.16. The Bertz CT molecular complexity index is 483. The second-order valence-corrected chi connectivity index (χ2v) is 6.47. The SMILES string of the molecule is Cc1cc(Br)c(NCC2CCCCCC2)cc1[N+](=O)[O-]. The van der Waals surface area contributed by atoms with E-state index in [9.17, 15) is 10.1 Å². The summed E-state index contributed by atoms with van der Waals surface area (Å²) in [6.07, 6.45) is 7.83. The smallest absolute Gasteiger partial charge is 0.274 e. The van der Waals surface area contributed by atoms with Crippen LogP contribution in [-0.4, -0.2) is 11.5 Å². The fourth-order valence-corrected chi connectivity index (χ4v) is 3.41. The lowest BCUT2D eigenvalue weighted by atomic mass is 10.0. The summed E-state index contributed by atoms with van der Waals surface area (Å²) >= 11 is 3.49. The Morgan fingerprint density at radius 1 is 1.30 bits per heavy atom. The van der Waals surface area contributed by atoms with Crippen LogP contribution in [0.15, 0.2) is 16.6 Å². The Labute approximate surface area is 128 Å². The monoisotopic (exact) mass is 340 g/mol. The van der Waals surface area contributed by atoms with Gasteiger partial charge in [-0.05, 0) is 47.7 Å². The molecule has 0 bridgehead atoms. The van der Waals surface area contributed by atoms with Gasteiger partial charge in [0.15, 0.2) is 0 Å². The van der Waals surface area contributed by atoms with Crippen molar-refractivity contribution >= 4 is 27.3 Å². The number of nitro benzene ring substituents is 1. The number of nitro groups is 1. The number of hydrogen-bond acceptors (Lipinski definition) is 3. The van der Waals surface area contributed by atoms with Crippen molar-refractivity contribution < 1.29 is 4.92 Å². The van der Waals surface area contributed by atoms with Crippen molar-refractivity contribution in [2.75, 3.05) is 11.9 Å². The second-order valence-electron chi connectivity index (χ2n) is 5.61. The molecule has 1 aromatic rings. The topological polar surface area (TPSA) is 55.2 Å². The van der Waals surface area contributed by atoms with E-state index in [1.807, 2.05) is 6.07 Å². The van der Waals surface area contributed by atoms with E-state index in [4.69, 9.17) is 0 Å². The lowest BCUT2D eigenvalue weighted by Crippen LogP contribution is -2.14. The molecular weight excluding hydrogens is 320 g/mol. The minimum absolute atomic E-state index is 0.177. The van der Waals surface area contributed by atoms with Gasteiger partial charge in [0.2, 0.25) is 0 Å². The average molecular weight is 341 g/mol. The third-order valence-corrected chi connectivity index (χ3v) is 4.69. The first-order chi connectivity index (χ1) is 9.58. The van der Waals surface area contributed by atoms with Crippen molar-refractivity contribution in [2.45, 2.75) is 45.4 Å². The Morgan fingerprint density at radius 3 is 2.55 bits per heavy atom. The molecule has 1 fully saturated rings. The van der Waals surface area contributed by atoms with Crippen LogP contribution in [-0.2, 0) is 0 Å². The van der Waals surface area contributed by atoms with Crippen LogP contribution in [0.1, 0.15) is 44.1 Å². The molecule has 1 aliphatic rings. The summed E-state index contributed by atoms with van der Waals surface area (Å²) in [7, 11) is 0. The third kappa shape index (κ3) is 3.95. The van der Waals surface area contributed by atoms with Gasteiger partial charge in [0.05, 0.1) is 10.6 Å². The van der Waals surface area contributed by atoms with E-state index in [0.29, 0.717) is 11.5 Å². The van der Waals surface area contributed by atoms with Gasteiger partial charge in [-0.1, -0.05) is 25.7 Å². The summed E-state index contributed by atoms with van der Waals surface area (Å²) in [6, 6.07) is 3.45. The van der Waals surface area contributed by atoms with E-state index in [0.717, 1.165) is 16.7 Å². The molecular formula is C15H21BrN2O2. The van der Waals surface area contributed by atoms with Gasteiger partial charge in [-0.3, -0.25) is 10.1 Å². The summed E-state index contributed by atoms with van der Waals surface area (Å²) in [5.74, 6) is 0.685. The molecule has 1 aliphatic carbocycles. The highest BCUT2D eigenvalue weighted by molar-refractivity contribution is 9.10. The number of nitrogens with one attached hydrogen (secondary N) is 1. The van der Waals surface area contributed by atoms with Crippen LogP contribution in [0.2, 0.25) is 0 Å². The fourth-order valence-electron chi connectivity index (χ4n) is 2.82. The molecule has 1 N–H and O–H groups in total. The molecule has 0 aliphatic heterocycles. The van der Waals surface area contributed by atoms with E-state index in [1.54, 1.807) is 13.0 Å². The minimum Gasteiger partial charge on any atom is -0.384 e. The molecule has 0 heterocycles. The van der Waals surface area contributed by atoms with E-state index < -0.39 is 0 Å². The van der Waals surface area contributed by atoms with Crippen molar-refractivity contribution in [3.63, 3.8) is 0 Å². The maximum atomic E-state index is 11.0. The highest BCUT2D eigenvalue weighted by Gasteiger charge is 2.16. The molecule has 0 saturated heterocycles. The molecule has 20 heavy (non-hydrogen) atoms. The minimum atomic E-state index is -0.321. The summed E-state index contributed by atoms with van der Waals surface area (Å²) in [6.45, 7) is 2.66. The zero-order valence-electron chi connectivity index (χ0n) is 11.8. The van der Waals surface area contributed by atoms with Crippen LogP contribution >= 0.6 is 15.9 Å². The standard InChI is InChI=1S/C15H21BrN2O2/c1-11-8-13(16)14(9-15(11)18(19)20)17-10-12-6-4-2-3-5-7-12/h8-9,12,17H,2-7,10H2,1H3. The van der Waals surface area contributed by atoms with E-state index in [-0.39, 0.29) is 10.6 Å². The van der Waals surface area contributed by atoms with Crippen LogP contribution in [0.5, 0.6) is 0 Å². The number of halogens is 1. The predicted molar refractivity (Wildman–Crippen MR) is 85.2 cm³/mol. The normalized spacial score (nSPS) is 16.7. The van der Waals surface area contributed by atoms with Crippen LogP contribution in [0.25, 0.3) is 0 Å². The largest absolute Gasteiger partial charge is 0.384 e. The average Bonchev–Trinajstić information content (AvgIpc) is 2.66. The molecule has 1 saturated carbocycles. The van der Waals surface area contributed by atoms with Crippen LogP contribution in [0.3, 0.4) is 0 Å². The first-order valence-electron chi connectivity index (χ1n) is 7.26. The Kier molecular flexibility index (Phi) is 5.40. The first-order valence-corrected chi connectivity index (χ1v) is 8.05. The molecule has 5 heteroatoms. The Hall–Kier alpha value is -1.10. The number of rotatable bonds is 4. The van der Waals surface area contributed by atoms with Gasteiger partial charge in [-0.15, -0.1) is 0 Å². The number of hydrogen-bond donors (Lipinski definition) is 1. The fraction of sp³-hybridized carbons (Fsp3) is 0.600.